The van der Waals surface area contributed by atoms with Crippen LogP contribution in [0, 0.1) is 0 Å². The highest BCUT2D eigenvalue weighted by Crippen LogP contribution is 2.61. The van der Waals surface area contributed by atoms with Gasteiger partial charge in [-0.25, -0.2) is 13.9 Å². The summed E-state index contributed by atoms with van der Waals surface area (Å²) in [6.45, 7) is 9.64. The van der Waals surface area contributed by atoms with Crippen molar-refractivity contribution < 1.29 is 125 Å². The maximum atomic E-state index is 13.9. The minimum absolute atomic E-state index is 0.0220. The molecule has 0 aromatic heterocycles. The van der Waals surface area contributed by atoms with E-state index in [2.05, 4.69) is 41.5 Å². The van der Waals surface area contributed by atoms with Crippen LogP contribution in [0.4, 0.5) is 0 Å². The molecule has 17 N–H and O–H groups in total. The van der Waals surface area contributed by atoms with Crippen LogP contribution < -0.4 is 43.0 Å². The number of unbranched alkanes of at least 4 members (excludes halogenated alkanes) is 1. The van der Waals surface area contributed by atoms with Gasteiger partial charge in [-0.2, -0.15) is 4.31 Å². The number of aliphatic hydroxyl groups excluding tert-OH is 4. The number of nitrogens with one attached hydrogen (secondary N) is 7. The van der Waals surface area contributed by atoms with Crippen LogP contribution in [-0.4, -0.2) is 218 Å². The van der Waals surface area contributed by atoms with Gasteiger partial charge < -0.3 is 102 Å². The summed E-state index contributed by atoms with van der Waals surface area (Å²) in [5, 5.41) is 77.7. The average molecular weight is 1260 g/mol. The normalized spacial score (nSPS) is 26.0. The Labute approximate surface area is 490 Å². The number of nitrogens with two attached hydrogens (primary N) is 1. The Hall–Kier alpha value is -5.39. The number of ether oxygens (including phenoxy) is 4. The molecule has 36 heteroatoms. The molecular weight excluding hydrogens is 1180 g/mol. The fourth-order valence-electron chi connectivity index (χ4n) is 8.20. The standard InChI is InChI=1S/C49H84N8O26P2/c1-23(2)13-12-14-24(3)18-20-77-84(73,74)83-85(75,76)82-49-37(55-30(9)61)41(40(34(22-59)80-49)81-48-36(54-29(8)60)39(64)38(63)33(21-58)79-48)78-28(7)44(67)51-26(5)43(66)57-32(47(71)72)16-17-35(62)56-31(15-10-11-19-50)45(68)52-25(4)42(65)53-27(6)46(69)70/h13,18,25-28,31-34,36-41,48-49,58-59,63-64H,10-12,14-17,19-22,50H2,1-9H3,(H,51,67)(H,52,68)(H,53,65)(H,54,60)(H,55,61)(H,56,62)(H,57,66)(H,69,70)(H,71,72)(H,73,74)(H,75,76)/b24-18-/t25-,26+,27-,28-,31+,32-,33-,34-,36-,37-,38-,39-,40-,41-,48-,49-/m1/s1. The van der Waals surface area contributed by atoms with Gasteiger partial charge in [0.25, 0.3) is 0 Å². The molecular formula is C49H84N8O26P2. The molecule has 0 aromatic rings. The number of aliphatic carboxylic acids is 2. The number of amides is 7. The summed E-state index contributed by atoms with van der Waals surface area (Å²) in [5.41, 5.74) is 7.35. The van der Waals surface area contributed by atoms with Gasteiger partial charge in [0.05, 0.1) is 19.8 Å². The number of carbonyl (C=O) groups is 9. The van der Waals surface area contributed by atoms with Crippen LogP contribution >= 0.6 is 15.6 Å². The molecule has 2 aliphatic heterocycles. The lowest BCUT2D eigenvalue weighted by Gasteiger charge is -2.49. The maximum Gasteiger partial charge on any atom is 0.483 e. The van der Waals surface area contributed by atoms with Crippen molar-refractivity contribution in [3.8, 4) is 0 Å². The van der Waals surface area contributed by atoms with Crippen molar-refractivity contribution in [1.82, 2.24) is 37.2 Å². The predicted molar refractivity (Wildman–Crippen MR) is 292 cm³/mol. The Balaban J connectivity index is 2.45. The molecule has 34 nitrogen and oxygen atoms in total. The van der Waals surface area contributed by atoms with E-state index in [1.165, 1.54) is 19.9 Å². The molecule has 0 radical (unpaired) electrons. The van der Waals surface area contributed by atoms with Crippen LogP contribution in [0.2, 0.25) is 0 Å². The summed E-state index contributed by atoms with van der Waals surface area (Å²) in [4.78, 5) is 136. The fraction of sp³-hybridized carbons (Fsp3) is 0.735. The largest absolute Gasteiger partial charge is 0.483 e. The van der Waals surface area contributed by atoms with E-state index in [0.29, 0.717) is 25.7 Å². The molecule has 2 heterocycles. The molecule has 2 fully saturated rings. The average Bonchev–Trinajstić information content (AvgIpc) is 1.75. The summed E-state index contributed by atoms with van der Waals surface area (Å²) in [5.74, 6) is -9.60. The first-order valence-electron chi connectivity index (χ1n) is 27.0. The van der Waals surface area contributed by atoms with Crippen LogP contribution in [0.15, 0.2) is 23.3 Å². The second kappa shape index (κ2) is 36.0. The summed E-state index contributed by atoms with van der Waals surface area (Å²) in [7, 11) is -11.4. The summed E-state index contributed by atoms with van der Waals surface area (Å²) < 4.78 is 64.8. The zero-order chi connectivity index (χ0) is 64.7. The summed E-state index contributed by atoms with van der Waals surface area (Å²) >= 11 is 0. The number of aliphatic hydroxyl groups is 4. The lowest BCUT2D eigenvalue weighted by Crippen LogP contribution is -2.70. The number of hydrogen-bond acceptors (Lipinski definition) is 23. The zero-order valence-corrected chi connectivity index (χ0v) is 50.4. The molecule has 2 saturated heterocycles. The summed E-state index contributed by atoms with van der Waals surface area (Å²) in [6, 6.07) is -10.9. The van der Waals surface area contributed by atoms with Gasteiger partial charge in [-0.15, -0.1) is 0 Å². The maximum absolute atomic E-state index is 13.9. The lowest BCUT2D eigenvalue weighted by molar-refractivity contribution is -0.331. The molecule has 7 amide bonds. The van der Waals surface area contributed by atoms with E-state index in [-0.39, 0.29) is 13.0 Å². The second-order valence-electron chi connectivity index (χ2n) is 20.4. The first-order chi connectivity index (χ1) is 39.6. The molecule has 18 atom stereocenters. The van der Waals surface area contributed by atoms with Crippen molar-refractivity contribution in [3.63, 3.8) is 0 Å². The summed E-state index contributed by atoms with van der Waals surface area (Å²) in [6.07, 6.45) is -13.2. The van der Waals surface area contributed by atoms with E-state index in [4.69, 9.17) is 38.8 Å². The van der Waals surface area contributed by atoms with Crippen LogP contribution in [0.5, 0.6) is 0 Å². The van der Waals surface area contributed by atoms with E-state index < -0.39 is 199 Å². The molecule has 0 aliphatic carbocycles. The molecule has 2 aliphatic rings. The third-order valence-electron chi connectivity index (χ3n) is 12.8. The van der Waals surface area contributed by atoms with Crippen molar-refractivity contribution in [3.05, 3.63) is 23.3 Å². The molecule has 0 saturated carbocycles. The zero-order valence-electron chi connectivity index (χ0n) is 48.6. The number of carboxylic acids is 2. The number of carbonyl (C=O) groups excluding carboxylic acids is 7. The topological polar surface area (TPSA) is 524 Å². The van der Waals surface area contributed by atoms with Gasteiger partial charge in [0.1, 0.15) is 85.0 Å². The SMILES string of the molecule is CC(=O)N[C@H]1[C@@H](O[C@H]2[C@H](O[C@H](C)C(=O)N[C@@H](C)C(=O)N[C@H](CCC(=O)N[C@@H](CCCCN)C(=O)N[C@H](C)C(=O)N[C@H](C)C(=O)O)C(=O)O)[C@@H](NC(C)=O)[C@@H](OP(=O)(O)OP(=O)(O)OC/C=C(/C)CCC=C(C)C)O[C@@H]2CO)O[C@H](CO)[C@@H](O)[C@@H]1O. The smallest absolute Gasteiger partial charge is 0.480 e. The van der Waals surface area contributed by atoms with Crippen LogP contribution in [-0.2, 0) is 84.6 Å². The second-order valence-corrected chi connectivity index (χ2v) is 23.4. The van der Waals surface area contributed by atoms with E-state index in [1.54, 1.807) is 6.92 Å². The number of phosphoric acid groups is 2. The molecule has 2 rings (SSSR count). The van der Waals surface area contributed by atoms with Gasteiger partial charge in [0.2, 0.25) is 41.4 Å². The predicted octanol–water partition coefficient (Wildman–Crippen LogP) is -3.18. The van der Waals surface area contributed by atoms with Gasteiger partial charge in [-0.05, 0) is 93.5 Å². The third-order valence-corrected chi connectivity index (χ3v) is 15.4. The van der Waals surface area contributed by atoms with Crippen molar-refractivity contribution in [2.24, 2.45) is 5.73 Å². The molecule has 486 valence electrons. The van der Waals surface area contributed by atoms with Crippen LogP contribution in [0.25, 0.3) is 0 Å². The highest BCUT2D eigenvalue weighted by Gasteiger charge is 2.55. The van der Waals surface area contributed by atoms with E-state index in [0.717, 1.165) is 38.8 Å². The van der Waals surface area contributed by atoms with Crippen molar-refractivity contribution in [2.45, 2.75) is 205 Å². The van der Waals surface area contributed by atoms with Gasteiger partial charge in [-0.3, -0.25) is 47.4 Å². The van der Waals surface area contributed by atoms with Crippen LogP contribution in [0.1, 0.15) is 107 Å². The molecule has 85 heavy (non-hydrogen) atoms. The van der Waals surface area contributed by atoms with Crippen molar-refractivity contribution in [2.75, 3.05) is 26.4 Å². The minimum atomic E-state index is -5.89. The Bertz CT molecular complexity index is 2450. The first kappa shape index (κ1) is 75.7. The Morgan fingerprint density at radius 3 is 1.74 bits per heavy atom. The van der Waals surface area contributed by atoms with Gasteiger partial charge in [-0.1, -0.05) is 23.3 Å². The Morgan fingerprint density at radius 2 is 1.19 bits per heavy atom. The quantitative estimate of drug-likeness (QED) is 0.0167. The van der Waals surface area contributed by atoms with Crippen molar-refractivity contribution >= 4 is 68.9 Å². The molecule has 0 spiro atoms. The number of rotatable bonds is 36. The number of allylic oxidation sites excluding steroid dienone is 3. The monoisotopic (exact) mass is 1260 g/mol. The number of phosphoric ester groups is 2. The van der Waals surface area contributed by atoms with Gasteiger partial charge in [0.15, 0.2) is 12.6 Å². The van der Waals surface area contributed by atoms with Gasteiger partial charge in [0, 0.05) is 20.3 Å². The van der Waals surface area contributed by atoms with E-state index >= 15 is 0 Å². The highest BCUT2D eigenvalue weighted by molar-refractivity contribution is 7.61. The van der Waals surface area contributed by atoms with Crippen LogP contribution in [0.3, 0.4) is 0 Å². The molecule has 0 bridgehead atoms. The molecule has 0 aromatic carbocycles. The van der Waals surface area contributed by atoms with Gasteiger partial charge >= 0.3 is 27.6 Å². The lowest BCUT2D eigenvalue weighted by atomic mass is 9.94. The van der Waals surface area contributed by atoms with E-state index in [1.807, 2.05) is 19.9 Å². The number of carboxylic acid groups (broad SMARTS) is 2. The number of hydrogen-bond donors (Lipinski definition) is 16. The first-order valence-corrected chi connectivity index (χ1v) is 30.0. The fourth-order valence-corrected chi connectivity index (χ4v) is 10.3. The van der Waals surface area contributed by atoms with E-state index in [9.17, 15) is 87.6 Å². The Morgan fingerprint density at radius 1 is 0.624 bits per heavy atom. The van der Waals surface area contributed by atoms with Crippen molar-refractivity contribution in [1.29, 1.82) is 0 Å². The molecule has 2 unspecified atom stereocenters. The minimum Gasteiger partial charge on any atom is -0.480 e. The highest BCUT2D eigenvalue weighted by atomic mass is 31.3. The Kier molecular flexibility index (Phi) is 32.1. The third kappa shape index (κ3) is 26.2.